The highest BCUT2D eigenvalue weighted by molar-refractivity contribution is 6.08. The van der Waals surface area contributed by atoms with Gasteiger partial charge in [-0.15, -0.1) is 0 Å². The molecule has 0 atom stereocenters. The van der Waals surface area contributed by atoms with E-state index in [1.807, 2.05) is 29.3 Å². The van der Waals surface area contributed by atoms with Crippen LogP contribution < -0.4 is 4.90 Å². The molecule has 41 heavy (non-hydrogen) atoms. The summed E-state index contributed by atoms with van der Waals surface area (Å²) in [5.41, 5.74) is 8.65. The van der Waals surface area contributed by atoms with E-state index in [0.29, 0.717) is 25.1 Å². The predicted octanol–water partition coefficient (Wildman–Crippen LogP) is 8.07. The number of alkyl halides is 3. The quantitative estimate of drug-likeness (QED) is 0.243. The molecular weight excluding hydrogens is 525 g/mol. The molecule has 0 saturated carbocycles. The van der Waals surface area contributed by atoms with Crippen molar-refractivity contribution in [3.05, 3.63) is 99.5 Å². The van der Waals surface area contributed by atoms with Gasteiger partial charge in [0.25, 0.3) is 0 Å². The first-order valence-electron chi connectivity index (χ1n) is 13.9. The molecular formula is C33H33F3N4O. The monoisotopic (exact) mass is 558 g/mol. The van der Waals surface area contributed by atoms with Crippen LogP contribution in [0.5, 0.6) is 0 Å². The van der Waals surface area contributed by atoms with Crippen molar-refractivity contribution >= 4 is 34.3 Å². The fourth-order valence-corrected chi connectivity index (χ4v) is 5.68. The average Bonchev–Trinajstić information content (AvgIpc) is 3.46. The second-order valence-electron chi connectivity index (χ2n) is 10.4. The molecule has 8 heteroatoms. The van der Waals surface area contributed by atoms with E-state index in [1.165, 1.54) is 22.3 Å². The Morgan fingerprint density at radius 2 is 1.66 bits per heavy atom. The number of H-pyrrole nitrogens is 1. The van der Waals surface area contributed by atoms with Crippen LogP contribution in [0, 0.1) is 0 Å². The number of carbonyl (C=O) groups is 1. The number of nitrogens with one attached hydrogen (secondary N) is 1. The summed E-state index contributed by atoms with van der Waals surface area (Å²) >= 11 is 0. The van der Waals surface area contributed by atoms with Gasteiger partial charge < -0.3 is 9.88 Å². The largest absolute Gasteiger partial charge is 0.419 e. The van der Waals surface area contributed by atoms with Crippen LogP contribution in [-0.2, 0) is 19.0 Å². The van der Waals surface area contributed by atoms with Crippen molar-refractivity contribution in [2.75, 3.05) is 18.0 Å². The molecule has 1 aliphatic rings. The molecule has 1 N–H and O–H groups in total. The Balaban J connectivity index is 1.65. The number of rotatable bonds is 6. The Labute approximate surface area is 237 Å². The van der Waals surface area contributed by atoms with Crippen LogP contribution in [0.3, 0.4) is 0 Å². The first-order chi connectivity index (χ1) is 19.6. The number of ketones is 1. The zero-order valence-corrected chi connectivity index (χ0v) is 23.7. The van der Waals surface area contributed by atoms with Crippen molar-refractivity contribution in [3.63, 3.8) is 0 Å². The number of carbonyl (C=O) groups excluding carboxylic acids is 1. The molecule has 0 spiro atoms. The normalized spacial score (nSPS) is 16.5. The number of hydrogen-bond acceptors (Lipinski definition) is 4. The standard InChI is InChI=1S/C33H33F3N4O/c1-5-22-8-7-9-23(6-2)29(22)16-24-13-15-40(32-38-17-25(18-39-32)33(34,35)36)19-30(24)20(3)26-10-11-27(21(4)41)31-28(26)12-14-37-31/h7-12,14,16-18,37H,5-6,13,15,19H2,1-4H3/b24-16-,30-20+. The predicted molar refractivity (Wildman–Crippen MR) is 158 cm³/mol. The van der Waals surface area contributed by atoms with Crippen molar-refractivity contribution in [1.29, 1.82) is 0 Å². The van der Waals surface area contributed by atoms with Crippen LogP contribution in [-0.4, -0.2) is 33.8 Å². The Morgan fingerprint density at radius 1 is 1.00 bits per heavy atom. The number of benzene rings is 2. The van der Waals surface area contributed by atoms with Gasteiger partial charge >= 0.3 is 6.18 Å². The van der Waals surface area contributed by atoms with Gasteiger partial charge in [0.2, 0.25) is 5.95 Å². The van der Waals surface area contributed by atoms with Gasteiger partial charge in [0.05, 0.1) is 11.1 Å². The van der Waals surface area contributed by atoms with E-state index in [4.69, 9.17) is 0 Å². The van der Waals surface area contributed by atoms with Crippen molar-refractivity contribution < 1.29 is 18.0 Å². The highest BCUT2D eigenvalue weighted by atomic mass is 19.4. The Kier molecular flexibility index (Phi) is 7.84. The molecule has 3 heterocycles. The van der Waals surface area contributed by atoms with Crippen LogP contribution in [0.2, 0.25) is 0 Å². The van der Waals surface area contributed by atoms with Crippen molar-refractivity contribution in [1.82, 2.24) is 15.0 Å². The lowest BCUT2D eigenvalue weighted by atomic mass is 9.86. The van der Waals surface area contributed by atoms with Crippen LogP contribution in [0.25, 0.3) is 22.6 Å². The number of allylic oxidation sites excluding steroid dienone is 1. The van der Waals surface area contributed by atoms with E-state index in [2.05, 4.69) is 60.0 Å². The molecule has 212 valence electrons. The van der Waals surface area contributed by atoms with E-state index >= 15 is 0 Å². The van der Waals surface area contributed by atoms with Crippen LogP contribution in [0.1, 0.15) is 72.3 Å². The molecule has 5 nitrogen and oxygen atoms in total. The lowest BCUT2D eigenvalue weighted by Gasteiger charge is -2.32. The maximum absolute atomic E-state index is 13.1. The van der Waals surface area contributed by atoms with Gasteiger partial charge in [0.1, 0.15) is 0 Å². The smallest absolute Gasteiger partial charge is 0.361 e. The van der Waals surface area contributed by atoms with E-state index in [9.17, 15) is 18.0 Å². The summed E-state index contributed by atoms with van der Waals surface area (Å²) in [5, 5.41) is 0.952. The molecule has 4 aromatic rings. The second kappa shape index (κ2) is 11.4. The number of anilines is 1. The summed E-state index contributed by atoms with van der Waals surface area (Å²) in [6, 6.07) is 12.2. The maximum atomic E-state index is 13.1. The van der Waals surface area contributed by atoms with E-state index in [1.54, 1.807) is 6.92 Å². The van der Waals surface area contributed by atoms with E-state index in [-0.39, 0.29) is 11.7 Å². The molecule has 0 aliphatic carbocycles. The minimum Gasteiger partial charge on any atom is -0.361 e. The van der Waals surface area contributed by atoms with Crippen LogP contribution in [0.15, 0.2) is 66.1 Å². The average molecular weight is 559 g/mol. The van der Waals surface area contributed by atoms with Gasteiger partial charge in [-0.1, -0.05) is 44.2 Å². The molecule has 1 saturated heterocycles. The van der Waals surface area contributed by atoms with Gasteiger partial charge in [-0.05, 0) is 84.2 Å². The van der Waals surface area contributed by atoms with Crippen molar-refractivity contribution in [3.8, 4) is 0 Å². The maximum Gasteiger partial charge on any atom is 0.419 e. The minimum atomic E-state index is -4.49. The zero-order chi connectivity index (χ0) is 29.3. The number of halogens is 3. The lowest BCUT2D eigenvalue weighted by Crippen LogP contribution is -2.34. The number of nitrogens with zero attached hydrogens (tertiary/aromatic N) is 3. The third-order valence-corrected chi connectivity index (χ3v) is 7.96. The number of aryl methyl sites for hydroxylation is 2. The topological polar surface area (TPSA) is 61.9 Å². The summed E-state index contributed by atoms with van der Waals surface area (Å²) in [6.45, 7) is 8.96. The van der Waals surface area contributed by atoms with Gasteiger partial charge in [-0.25, -0.2) is 9.97 Å². The summed E-state index contributed by atoms with van der Waals surface area (Å²) < 4.78 is 39.4. The molecule has 0 bridgehead atoms. The summed E-state index contributed by atoms with van der Waals surface area (Å²) in [4.78, 5) is 25.6. The van der Waals surface area contributed by atoms with Crippen LogP contribution in [0.4, 0.5) is 19.1 Å². The molecule has 0 amide bonds. The molecule has 2 aromatic heterocycles. The van der Waals surface area contributed by atoms with Crippen molar-refractivity contribution in [2.24, 2.45) is 0 Å². The Hall–Kier alpha value is -4.20. The molecule has 5 rings (SSSR count). The fourth-order valence-electron chi connectivity index (χ4n) is 5.68. The number of piperidine rings is 1. The van der Waals surface area contributed by atoms with Crippen LogP contribution >= 0.6 is 0 Å². The SMILES string of the molecule is CCc1cccc(CC)c1/C=C1/CCN(c2ncc(C(F)(F)F)cn2)C/C1=C(/C)c1ccc(C(C)=O)c2[nH]ccc12. The summed E-state index contributed by atoms with van der Waals surface area (Å²) in [6.07, 6.45) is 3.83. The second-order valence-corrected chi connectivity index (χ2v) is 10.4. The number of hydrogen-bond donors (Lipinski definition) is 1. The van der Waals surface area contributed by atoms with E-state index in [0.717, 1.165) is 52.8 Å². The highest BCUT2D eigenvalue weighted by Gasteiger charge is 2.32. The third kappa shape index (κ3) is 5.56. The zero-order valence-electron chi connectivity index (χ0n) is 23.7. The number of Topliss-reactive ketones (excluding diaryl/α,β-unsaturated/α-hetero) is 1. The number of fused-ring (bicyclic) bond motifs is 1. The minimum absolute atomic E-state index is 0.0125. The highest BCUT2D eigenvalue weighted by Crippen LogP contribution is 2.37. The van der Waals surface area contributed by atoms with Gasteiger partial charge in [-0.2, -0.15) is 13.2 Å². The Morgan fingerprint density at radius 3 is 2.27 bits per heavy atom. The summed E-state index contributed by atoms with van der Waals surface area (Å²) in [5.74, 6) is 0.255. The first kappa shape index (κ1) is 28.3. The van der Waals surface area contributed by atoms with Gasteiger partial charge in [-0.3, -0.25) is 4.79 Å². The molecule has 0 unspecified atom stereocenters. The third-order valence-electron chi connectivity index (χ3n) is 7.96. The van der Waals surface area contributed by atoms with Gasteiger partial charge in [0.15, 0.2) is 5.78 Å². The lowest BCUT2D eigenvalue weighted by molar-refractivity contribution is -0.138. The molecule has 1 aliphatic heterocycles. The molecule has 0 radical (unpaired) electrons. The number of aromatic amines is 1. The fraction of sp³-hybridized carbons (Fsp3) is 0.303. The molecule has 2 aromatic carbocycles. The van der Waals surface area contributed by atoms with E-state index < -0.39 is 11.7 Å². The molecule has 1 fully saturated rings. The Bertz CT molecular complexity index is 1640. The van der Waals surface area contributed by atoms with Gasteiger partial charge in [0, 0.05) is 42.6 Å². The number of aromatic nitrogens is 3. The van der Waals surface area contributed by atoms with Crippen molar-refractivity contribution in [2.45, 2.75) is 53.1 Å². The first-order valence-corrected chi connectivity index (χ1v) is 13.9. The summed E-state index contributed by atoms with van der Waals surface area (Å²) in [7, 11) is 0.